The summed E-state index contributed by atoms with van der Waals surface area (Å²) in [6.07, 6.45) is 6.11. The molecule has 2 nitrogen and oxygen atoms in total. The number of hydrogen-bond acceptors (Lipinski definition) is 2. The molecule has 0 bridgehead atoms. The molecule has 1 aliphatic heterocycles. The standard InChI is InChI=1S/C10H18O2/c1-7-4-9(11)6-10(12-7)5-8-2-3-8/h7-11H,2-6H2,1H3/t7-,9+,10+/m0/s1. The first-order chi connectivity index (χ1) is 5.74. The number of aliphatic hydroxyl groups excluding tert-OH is 1. The van der Waals surface area contributed by atoms with Crippen molar-refractivity contribution in [1.82, 2.24) is 0 Å². The average Bonchev–Trinajstić information content (AvgIpc) is 2.68. The maximum atomic E-state index is 9.50. The largest absolute Gasteiger partial charge is 0.393 e. The summed E-state index contributed by atoms with van der Waals surface area (Å²) in [4.78, 5) is 0. The van der Waals surface area contributed by atoms with Gasteiger partial charge in [0.25, 0.3) is 0 Å². The van der Waals surface area contributed by atoms with Crippen molar-refractivity contribution in [1.29, 1.82) is 0 Å². The Morgan fingerprint density at radius 2 is 2.08 bits per heavy atom. The Morgan fingerprint density at radius 1 is 1.33 bits per heavy atom. The van der Waals surface area contributed by atoms with Gasteiger partial charge in [0.05, 0.1) is 18.3 Å². The van der Waals surface area contributed by atoms with Gasteiger partial charge in [0.15, 0.2) is 0 Å². The molecule has 2 heteroatoms. The van der Waals surface area contributed by atoms with E-state index in [9.17, 15) is 5.11 Å². The van der Waals surface area contributed by atoms with Gasteiger partial charge in [-0.25, -0.2) is 0 Å². The van der Waals surface area contributed by atoms with E-state index in [-0.39, 0.29) is 12.2 Å². The maximum absolute atomic E-state index is 9.50. The first kappa shape index (κ1) is 8.52. The van der Waals surface area contributed by atoms with Crippen molar-refractivity contribution in [3.8, 4) is 0 Å². The molecule has 12 heavy (non-hydrogen) atoms. The van der Waals surface area contributed by atoms with Gasteiger partial charge in [-0.1, -0.05) is 12.8 Å². The van der Waals surface area contributed by atoms with Crippen LogP contribution in [0.1, 0.15) is 39.0 Å². The van der Waals surface area contributed by atoms with Crippen molar-refractivity contribution < 1.29 is 9.84 Å². The van der Waals surface area contributed by atoms with Gasteiger partial charge in [-0.3, -0.25) is 0 Å². The molecule has 3 atom stereocenters. The molecule has 1 heterocycles. The third kappa shape index (κ3) is 2.20. The fourth-order valence-corrected chi connectivity index (χ4v) is 2.10. The second kappa shape index (κ2) is 3.35. The van der Waals surface area contributed by atoms with Crippen molar-refractivity contribution in [2.45, 2.75) is 57.3 Å². The number of rotatable bonds is 2. The summed E-state index contributed by atoms with van der Waals surface area (Å²) in [5, 5.41) is 9.50. The van der Waals surface area contributed by atoms with E-state index >= 15 is 0 Å². The second-order valence-corrected chi connectivity index (χ2v) is 4.37. The van der Waals surface area contributed by atoms with Gasteiger partial charge in [-0.15, -0.1) is 0 Å². The van der Waals surface area contributed by atoms with Crippen molar-refractivity contribution in [2.75, 3.05) is 0 Å². The summed E-state index contributed by atoms with van der Waals surface area (Å²) in [5.74, 6) is 0.910. The topological polar surface area (TPSA) is 29.5 Å². The molecule has 0 amide bonds. The van der Waals surface area contributed by atoms with Crippen molar-refractivity contribution in [3.63, 3.8) is 0 Å². The molecule has 0 aromatic heterocycles. The molecule has 0 radical (unpaired) electrons. The monoisotopic (exact) mass is 170 g/mol. The summed E-state index contributed by atoms with van der Waals surface area (Å²) in [7, 11) is 0. The molecule has 0 aromatic rings. The van der Waals surface area contributed by atoms with E-state index in [0.717, 1.165) is 18.8 Å². The Bertz CT molecular complexity index is 141. The molecular formula is C10H18O2. The number of hydrogen-bond donors (Lipinski definition) is 1. The molecule has 2 aliphatic rings. The predicted molar refractivity (Wildman–Crippen MR) is 46.9 cm³/mol. The smallest absolute Gasteiger partial charge is 0.0606 e. The molecule has 0 unspecified atom stereocenters. The Labute approximate surface area is 73.9 Å². The number of ether oxygens (including phenoxy) is 1. The van der Waals surface area contributed by atoms with Crippen molar-refractivity contribution >= 4 is 0 Å². The molecule has 1 saturated heterocycles. The maximum Gasteiger partial charge on any atom is 0.0606 e. The Balaban J connectivity index is 1.79. The average molecular weight is 170 g/mol. The molecule has 1 saturated carbocycles. The van der Waals surface area contributed by atoms with Gasteiger partial charge in [0.1, 0.15) is 0 Å². The lowest BCUT2D eigenvalue weighted by molar-refractivity contribution is -0.0916. The zero-order valence-electron chi connectivity index (χ0n) is 7.70. The molecule has 2 fully saturated rings. The van der Waals surface area contributed by atoms with Crippen molar-refractivity contribution in [3.05, 3.63) is 0 Å². The highest BCUT2D eigenvalue weighted by Gasteiger charge is 2.31. The fourth-order valence-electron chi connectivity index (χ4n) is 2.10. The van der Waals surface area contributed by atoms with E-state index in [4.69, 9.17) is 4.74 Å². The Kier molecular flexibility index (Phi) is 2.37. The minimum atomic E-state index is -0.113. The van der Waals surface area contributed by atoms with Gasteiger partial charge in [-0.05, 0) is 32.1 Å². The van der Waals surface area contributed by atoms with Crippen LogP contribution in [0.5, 0.6) is 0 Å². The summed E-state index contributed by atoms with van der Waals surface area (Å²) in [6, 6.07) is 0. The van der Waals surface area contributed by atoms with Gasteiger partial charge in [-0.2, -0.15) is 0 Å². The van der Waals surface area contributed by atoms with Crippen molar-refractivity contribution in [2.24, 2.45) is 5.92 Å². The summed E-state index contributed by atoms with van der Waals surface area (Å²) >= 11 is 0. The minimum Gasteiger partial charge on any atom is -0.393 e. The molecule has 0 aromatic carbocycles. The van der Waals surface area contributed by atoms with Gasteiger partial charge >= 0.3 is 0 Å². The molecule has 1 aliphatic carbocycles. The van der Waals surface area contributed by atoms with E-state index in [1.165, 1.54) is 19.3 Å². The van der Waals surface area contributed by atoms with Gasteiger partial charge in [0, 0.05) is 0 Å². The summed E-state index contributed by atoms with van der Waals surface area (Å²) in [5.41, 5.74) is 0. The van der Waals surface area contributed by atoms with Crippen LogP contribution in [0.3, 0.4) is 0 Å². The van der Waals surface area contributed by atoms with Crippen LogP contribution in [-0.4, -0.2) is 23.4 Å². The third-order valence-corrected chi connectivity index (χ3v) is 2.86. The van der Waals surface area contributed by atoms with E-state index in [1.807, 2.05) is 0 Å². The van der Waals surface area contributed by atoms with E-state index in [2.05, 4.69) is 6.92 Å². The molecule has 1 N–H and O–H groups in total. The first-order valence-electron chi connectivity index (χ1n) is 5.07. The zero-order valence-corrected chi connectivity index (χ0v) is 7.70. The molecule has 2 rings (SSSR count). The fraction of sp³-hybridized carbons (Fsp3) is 1.00. The second-order valence-electron chi connectivity index (χ2n) is 4.37. The van der Waals surface area contributed by atoms with Crippen LogP contribution in [0, 0.1) is 5.92 Å². The Hall–Kier alpha value is -0.0800. The highest BCUT2D eigenvalue weighted by atomic mass is 16.5. The summed E-state index contributed by atoms with van der Waals surface area (Å²) < 4.78 is 5.75. The molecular weight excluding hydrogens is 152 g/mol. The summed E-state index contributed by atoms with van der Waals surface area (Å²) in [6.45, 7) is 2.06. The lowest BCUT2D eigenvalue weighted by Gasteiger charge is -2.31. The van der Waals surface area contributed by atoms with E-state index in [1.54, 1.807) is 0 Å². The number of aliphatic hydroxyl groups is 1. The highest BCUT2D eigenvalue weighted by molar-refractivity contribution is 4.82. The van der Waals surface area contributed by atoms with Crippen LogP contribution < -0.4 is 0 Å². The van der Waals surface area contributed by atoms with Crippen LogP contribution in [0.15, 0.2) is 0 Å². The SMILES string of the molecule is C[C@H]1C[C@@H](O)C[C@@H](CC2CC2)O1. The lowest BCUT2D eigenvalue weighted by Crippen LogP contribution is -2.34. The van der Waals surface area contributed by atoms with E-state index < -0.39 is 0 Å². The Morgan fingerprint density at radius 3 is 2.67 bits per heavy atom. The van der Waals surface area contributed by atoms with Crippen LogP contribution in [0.25, 0.3) is 0 Å². The van der Waals surface area contributed by atoms with Crippen LogP contribution in [0.4, 0.5) is 0 Å². The van der Waals surface area contributed by atoms with E-state index in [0.29, 0.717) is 6.10 Å². The van der Waals surface area contributed by atoms with Gasteiger partial charge in [0.2, 0.25) is 0 Å². The third-order valence-electron chi connectivity index (χ3n) is 2.86. The van der Waals surface area contributed by atoms with Crippen LogP contribution in [0.2, 0.25) is 0 Å². The highest BCUT2D eigenvalue weighted by Crippen LogP contribution is 2.36. The first-order valence-corrected chi connectivity index (χ1v) is 5.07. The van der Waals surface area contributed by atoms with Gasteiger partial charge < -0.3 is 9.84 Å². The quantitative estimate of drug-likeness (QED) is 0.683. The lowest BCUT2D eigenvalue weighted by atomic mass is 9.98. The van der Waals surface area contributed by atoms with Crippen LogP contribution in [-0.2, 0) is 4.74 Å². The minimum absolute atomic E-state index is 0.113. The predicted octanol–water partition coefficient (Wildman–Crippen LogP) is 1.71. The zero-order chi connectivity index (χ0) is 8.55. The molecule has 70 valence electrons. The molecule has 0 spiro atoms. The normalized spacial score (nSPS) is 43.0. The van der Waals surface area contributed by atoms with Crippen LogP contribution >= 0.6 is 0 Å².